The van der Waals surface area contributed by atoms with Gasteiger partial charge in [-0.3, -0.25) is 4.79 Å². The van der Waals surface area contributed by atoms with Crippen molar-refractivity contribution in [3.8, 4) is 5.75 Å². The molecule has 0 aromatic heterocycles. The number of piperidine rings is 1. The molecule has 174 valence electrons. The van der Waals surface area contributed by atoms with Gasteiger partial charge in [0.2, 0.25) is 10.0 Å². The van der Waals surface area contributed by atoms with Gasteiger partial charge < -0.3 is 14.7 Å². The first-order chi connectivity index (χ1) is 14.8. The molecule has 0 unspecified atom stereocenters. The lowest BCUT2D eigenvalue weighted by Crippen LogP contribution is -2.55. The van der Waals surface area contributed by atoms with Crippen molar-refractivity contribution in [2.75, 3.05) is 25.0 Å². The van der Waals surface area contributed by atoms with E-state index in [1.165, 1.54) is 35.6 Å². The van der Waals surface area contributed by atoms with E-state index in [9.17, 15) is 31.5 Å². The van der Waals surface area contributed by atoms with Crippen molar-refractivity contribution >= 4 is 21.6 Å². The molecule has 1 heterocycles. The predicted molar refractivity (Wildman–Crippen MR) is 111 cm³/mol. The number of hydrogen-bond donors (Lipinski definition) is 1. The lowest BCUT2D eigenvalue weighted by Gasteiger charge is -2.38. The molecule has 1 aliphatic heterocycles. The number of aryl methyl sites for hydroxylation is 1. The van der Waals surface area contributed by atoms with Crippen LogP contribution in [0, 0.1) is 6.92 Å². The maximum absolute atomic E-state index is 12.9. The van der Waals surface area contributed by atoms with Crippen LogP contribution in [-0.2, 0) is 14.8 Å². The minimum Gasteiger partial charge on any atom is -0.406 e. The highest BCUT2D eigenvalue weighted by Crippen LogP contribution is 2.31. The van der Waals surface area contributed by atoms with Crippen LogP contribution in [0.5, 0.6) is 5.75 Å². The number of anilines is 1. The third-order valence-electron chi connectivity index (χ3n) is 5.37. The molecular formula is C21H23F3N2O5S. The van der Waals surface area contributed by atoms with Crippen molar-refractivity contribution in [3.05, 3.63) is 54.1 Å². The van der Waals surface area contributed by atoms with E-state index in [1.807, 2.05) is 6.92 Å². The summed E-state index contributed by atoms with van der Waals surface area (Å²) < 4.78 is 67.6. The monoisotopic (exact) mass is 472 g/mol. The molecule has 0 saturated carbocycles. The van der Waals surface area contributed by atoms with Gasteiger partial charge in [-0.15, -0.1) is 13.2 Å². The summed E-state index contributed by atoms with van der Waals surface area (Å²) in [5, 5.41) is 10.9. The summed E-state index contributed by atoms with van der Waals surface area (Å²) in [4.78, 5) is 14.2. The van der Waals surface area contributed by atoms with Gasteiger partial charge in [0.25, 0.3) is 5.91 Å². The van der Waals surface area contributed by atoms with Crippen molar-refractivity contribution in [1.29, 1.82) is 0 Å². The van der Waals surface area contributed by atoms with Gasteiger partial charge in [0.1, 0.15) is 11.4 Å². The molecule has 11 heteroatoms. The van der Waals surface area contributed by atoms with Gasteiger partial charge in [0.15, 0.2) is 0 Å². The number of ether oxygens (including phenoxy) is 1. The zero-order valence-corrected chi connectivity index (χ0v) is 18.3. The van der Waals surface area contributed by atoms with Crippen molar-refractivity contribution < 1.29 is 36.2 Å². The zero-order chi connectivity index (χ0) is 23.7. The fraction of sp³-hybridized carbons (Fsp3) is 0.381. The average Bonchev–Trinajstić information content (AvgIpc) is 2.73. The predicted octanol–water partition coefficient (Wildman–Crippen LogP) is 3.07. The van der Waals surface area contributed by atoms with Crippen molar-refractivity contribution in [2.24, 2.45) is 0 Å². The smallest absolute Gasteiger partial charge is 0.406 e. The minimum absolute atomic E-state index is 0.0509. The number of sulfonamides is 1. The Kier molecular flexibility index (Phi) is 6.55. The molecule has 0 atom stereocenters. The summed E-state index contributed by atoms with van der Waals surface area (Å²) in [6.07, 6.45) is -5.06. The average molecular weight is 472 g/mol. The number of aliphatic hydroxyl groups is 1. The van der Waals surface area contributed by atoms with E-state index < -0.39 is 33.6 Å². The Morgan fingerprint density at radius 1 is 1.06 bits per heavy atom. The van der Waals surface area contributed by atoms with Gasteiger partial charge in [-0.2, -0.15) is 4.31 Å². The highest BCUT2D eigenvalue weighted by molar-refractivity contribution is 7.89. The Balaban J connectivity index is 1.67. The first-order valence-electron chi connectivity index (χ1n) is 9.75. The maximum Gasteiger partial charge on any atom is 0.573 e. The Morgan fingerprint density at radius 2 is 1.59 bits per heavy atom. The third kappa shape index (κ3) is 5.22. The van der Waals surface area contributed by atoms with Crippen LogP contribution in [0.3, 0.4) is 0 Å². The molecule has 0 spiro atoms. The lowest BCUT2D eigenvalue weighted by atomic mass is 9.91. The van der Waals surface area contributed by atoms with E-state index in [2.05, 4.69) is 4.74 Å². The number of carbonyl (C=O) groups excluding carboxylic acids is 1. The topological polar surface area (TPSA) is 87.2 Å². The minimum atomic E-state index is -4.83. The Labute approximate surface area is 184 Å². The SMILES string of the molecule is Cc1ccc(S(=O)(=O)N2CCC(O)(C(=O)N(C)c3ccc(OC(F)(F)F)cc3)CC2)cc1. The molecule has 0 radical (unpaired) electrons. The van der Waals surface area contributed by atoms with E-state index in [1.54, 1.807) is 12.1 Å². The van der Waals surface area contributed by atoms with E-state index in [4.69, 9.17) is 0 Å². The molecule has 7 nitrogen and oxygen atoms in total. The van der Waals surface area contributed by atoms with Crippen LogP contribution < -0.4 is 9.64 Å². The first-order valence-corrected chi connectivity index (χ1v) is 11.2. The van der Waals surface area contributed by atoms with Gasteiger partial charge in [-0.05, 0) is 56.2 Å². The van der Waals surface area contributed by atoms with Crippen LogP contribution in [-0.4, -0.2) is 55.8 Å². The molecule has 2 aromatic carbocycles. The van der Waals surface area contributed by atoms with Gasteiger partial charge in [0.05, 0.1) is 4.90 Å². The van der Waals surface area contributed by atoms with E-state index in [-0.39, 0.29) is 36.5 Å². The summed E-state index contributed by atoms with van der Waals surface area (Å²) in [5.41, 5.74) is -0.619. The van der Waals surface area contributed by atoms with Crippen LogP contribution in [0.2, 0.25) is 0 Å². The Hall–Kier alpha value is -2.63. The molecule has 0 bridgehead atoms. The number of alkyl halides is 3. The van der Waals surface area contributed by atoms with Crippen molar-refractivity contribution in [2.45, 2.75) is 36.6 Å². The number of carbonyl (C=O) groups is 1. The molecular weight excluding hydrogens is 449 g/mol. The molecule has 1 N–H and O–H groups in total. The second-order valence-corrected chi connectivity index (χ2v) is 9.59. The summed E-state index contributed by atoms with van der Waals surface area (Å²) >= 11 is 0. The number of likely N-dealkylation sites (N-methyl/N-ethyl adjacent to an activating group) is 1. The molecule has 0 aliphatic carbocycles. The van der Waals surface area contributed by atoms with Crippen LogP contribution in [0.15, 0.2) is 53.4 Å². The zero-order valence-electron chi connectivity index (χ0n) is 17.5. The van der Waals surface area contributed by atoms with Gasteiger partial charge in [-0.25, -0.2) is 8.42 Å². The van der Waals surface area contributed by atoms with Gasteiger partial charge in [-0.1, -0.05) is 17.7 Å². The van der Waals surface area contributed by atoms with Crippen LogP contribution >= 0.6 is 0 Å². The number of nitrogens with zero attached hydrogens (tertiary/aromatic N) is 2. The number of rotatable bonds is 5. The fourth-order valence-electron chi connectivity index (χ4n) is 3.47. The molecule has 1 aliphatic rings. The summed E-state index contributed by atoms with van der Waals surface area (Å²) in [5.74, 6) is -1.11. The second kappa shape index (κ2) is 8.72. The van der Waals surface area contributed by atoms with Gasteiger partial charge >= 0.3 is 6.36 Å². The number of hydrogen-bond acceptors (Lipinski definition) is 5. The van der Waals surface area contributed by atoms with Crippen LogP contribution in [0.4, 0.5) is 18.9 Å². The molecule has 32 heavy (non-hydrogen) atoms. The number of benzene rings is 2. The molecule has 2 aromatic rings. The fourth-order valence-corrected chi connectivity index (χ4v) is 4.91. The van der Waals surface area contributed by atoms with Gasteiger partial charge in [0, 0.05) is 25.8 Å². The van der Waals surface area contributed by atoms with Crippen LogP contribution in [0.25, 0.3) is 0 Å². The van der Waals surface area contributed by atoms with E-state index >= 15 is 0 Å². The maximum atomic E-state index is 12.9. The summed E-state index contributed by atoms with van der Waals surface area (Å²) in [6, 6.07) is 11.1. The number of halogens is 3. The number of amides is 1. The molecule has 3 rings (SSSR count). The highest BCUT2D eigenvalue weighted by atomic mass is 32.2. The van der Waals surface area contributed by atoms with E-state index in [0.717, 1.165) is 22.6 Å². The summed E-state index contributed by atoms with van der Waals surface area (Å²) in [7, 11) is -2.37. The molecule has 1 fully saturated rings. The largest absolute Gasteiger partial charge is 0.573 e. The molecule has 1 amide bonds. The lowest BCUT2D eigenvalue weighted by molar-refractivity contribution is -0.274. The first kappa shape index (κ1) is 24.0. The molecule has 1 saturated heterocycles. The summed E-state index contributed by atoms with van der Waals surface area (Å²) in [6.45, 7) is 1.74. The normalized spacial score (nSPS) is 17.1. The van der Waals surface area contributed by atoms with E-state index in [0.29, 0.717) is 0 Å². The highest BCUT2D eigenvalue weighted by Gasteiger charge is 2.44. The van der Waals surface area contributed by atoms with Crippen LogP contribution in [0.1, 0.15) is 18.4 Å². The standard InChI is InChI=1S/C21H23F3N2O5S/c1-15-3-9-18(10-4-15)32(29,30)26-13-11-20(28,12-14-26)19(27)25(2)16-5-7-17(8-6-16)31-21(22,23)24/h3-10,28H,11-14H2,1-2H3. The third-order valence-corrected chi connectivity index (χ3v) is 7.28. The second-order valence-electron chi connectivity index (χ2n) is 7.65. The quantitative estimate of drug-likeness (QED) is 0.723. The Morgan fingerprint density at radius 3 is 2.09 bits per heavy atom. The van der Waals surface area contributed by atoms with Crippen molar-refractivity contribution in [3.63, 3.8) is 0 Å². The Bertz CT molecular complexity index is 1060. The van der Waals surface area contributed by atoms with Crippen molar-refractivity contribution in [1.82, 2.24) is 4.31 Å².